The van der Waals surface area contributed by atoms with Crippen molar-refractivity contribution in [1.29, 1.82) is 0 Å². The van der Waals surface area contributed by atoms with Gasteiger partial charge < -0.3 is 9.84 Å². The molecule has 33 heavy (non-hydrogen) atoms. The number of nitrogens with zero attached hydrogens (tertiary/aromatic N) is 3. The van der Waals surface area contributed by atoms with Gasteiger partial charge in [0.25, 0.3) is 0 Å². The Bertz CT molecular complexity index is 1090. The zero-order chi connectivity index (χ0) is 23.4. The second-order valence-corrected chi connectivity index (χ2v) is 9.28. The maximum Gasteiger partial charge on any atom is 0.241 e. The molecule has 1 N–H and O–H groups in total. The first-order valence-corrected chi connectivity index (χ1v) is 11.9. The number of hydrogen-bond acceptors (Lipinski definition) is 5. The van der Waals surface area contributed by atoms with E-state index in [2.05, 4.69) is 66.3 Å². The van der Waals surface area contributed by atoms with Gasteiger partial charge in [-0.1, -0.05) is 65.7 Å². The van der Waals surface area contributed by atoms with Crippen molar-refractivity contribution in [3.8, 4) is 11.4 Å². The fourth-order valence-corrected chi connectivity index (χ4v) is 4.65. The quantitative estimate of drug-likeness (QED) is 0.544. The molecule has 4 rings (SSSR count). The van der Waals surface area contributed by atoms with Gasteiger partial charge in [0.05, 0.1) is 18.5 Å². The molecule has 1 saturated heterocycles. The van der Waals surface area contributed by atoms with Crippen LogP contribution in [0.15, 0.2) is 47.0 Å². The summed E-state index contributed by atoms with van der Waals surface area (Å²) >= 11 is 0. The lowest BCUT2D eigenvalue weighted by atomic mass is 9.94. The molecular weight excluding hydrogens is 412 g/mol. The Kier molecular flexibility index (Phi) is 7.23. The number of benzene rings is 2. The number of carbonyl (C=O) groups excluding carboxylic acids is 1. The highest BCUT2D eigenvalue weighted by molar-refractivity contribution is 5.79. The first kappa shape index (κ1) is 23.2. The maximum absolute atomic E-state index is 13.1. The molecular formula is C27H34N4O2. The minimum Gasteiger partial charge on any atom is -0.349 e. The van der Waals surface area contributed by atoms with Crippen LogP contribution in [-0.2, 0) is 11.3 Å². The van der Waals surface area contributed by atoms with Crippen molar-refractivity contribution in [2.75, 3.05) is 13.1 Å². The van der Waals surface area contributed by atoms with Gasteiger partial charge in [-0.05, 0) is 57.7 Å². The van der Waals surface area contributed by atoms with Crippen molar-refractivity contribution >= 4 is 5.91 Å². The molecule has 6 heteroatoms. The normalized spacial score (nSPS) is 17.6. The largest absolute Gasteiger partial charge is 0.349 e. The van der Waals surface area contributed by atoms with E-state index in [1.165, 1.54) is 22.3 Å². The van der Waals surface area contributed by atoms with E-state index in [1.54, 1.807) is 0 Å². The first-order chi connectivity index (χ1) is 15.9. The monoisotopic (exact) mass is 446 g/mol. The molecule has 1 aliphatic rings. The van der Waals surface area contributed by atoms with Crippen LogP contribution in [0, 0.1) is 26.7 Å². The number of aryl methyl sites for hydroxylation is 3. The van der Waals surface area contributed by atoms with Crippen molar-refractivity contribution < 1.29 is 9.32 Å². The van der Waals surface area contributed by atoms with Gasteiger partial charge in [-0.2, -0.15) is 4.98 Å². The summed E-state index contributed by atoms with van der Waals surface area (Å²) in [6.45, 7) is 10.6. The molecule has 0 saturated carbocycles. The molecule has 0 radical (unpaired) electrons. The highest BCUT2D eigenvalue weighted by Crippen LogP contribution is 2.25. The Balaban J connectivity index is 1.37. The fraction of sp³-hybridized carbons (Fsp3) is 0.444. The van der Waals surface area contributed by atoms with E-state index in [1.807, 2.05) is 24.3 Å². The molecule has 1 aromatic heterocycles. The average molecular weight is 447 g/mol. The number of piperidine rings is 1. The Morgan fingerprint density at radius 3 is 2.64 bits per heavy atom. The number of nitrogens with one attached hydrogen (secondary N) is 1. The highest BCUT2D eigenvalue weighted by atomic mass is 16.5. The van der Waals surface area contributed by atoms with Crippen LogP contribution in [0.25, 0.3) is 11.4 Å². The number of amides is 1. The molecule has 1 amide bonds. The zero-order valence-electron chi connectivity index (χ0n) is 20.1. The third-order valence-electron chi connectivity index (χ3n) is 6.54. The lowest BCUT2D eigenvalue weighted by molar-refractivity contribution is -0.127. The first-order valence-electron chi connectivity index (χ1n) is 11.9. The lowest BCUT2D eigenvalue weighted by Gasteiger charge is -2.32. The summed E-state index contributed by atoms with van der Waals surface area (Å²) in [7, 11) is 0. The molecule has 3 aromatic rings. The molecule has 2 unspecified atom stereocenters. The van der Waals surface area contributed by atoms with Crippen LogP contribution < -0.4 is 5.32 Å². The van der Waals surface area contributed by atoms with Gasteiger partial charge in [0, 0.05) is 12.1 Å². The van der Waals surface area contributed by atoms with E-state index in [9.17, 15) is 4.79 Å². The SMILES string of the molecule is CCC(NC(=O)C1CCCN(Cc2nc(-c3ccc(C)cc3)no2)C1)c1ccc(C)cc1C. The van der Waals surface area contributed by atoms with Gasteiger partial charge in [-0.25, -0.2) is 0 Å². The molecule has 1 aliphatic heterocycles. The predicted octanol–water partition coefficient (Wildman–Crippen LogP) is 5.14. The number of aromatic nitrogens is 2. The topological polar surface area (TPSA) is 71.3 Å². The van der Waals surface area contributed by atoms with Crippen LogP contribution in [0.2, 0.25) is 0 Å². The lowest BCUT2D eigenvalue weighted by Crippen LogP contribution is -2.43. The summed E-state index contributed by atoms with van der Waals surface area (Å²) in [4.78, 5) is 20.0. The van der Waals surface area contributed by atoms with E-state index >= 15 is 0 Å². The van der Waals surface area contributed by atoms with Gasteiger partial charge in [0.1, 0.15) is 0 Å². The van der Waals surface area contributed by atoms with Gasteiger partial charge in [-0.15, -0.1) is 0 Å². The Morgan fingerprint density at radius 2 is 1.91 bits per heavy atom. The van der Waals surface area contributed by atoms with E-state index in [0.29, 0.717) is 24.8 Å². The molecule has 2 aromatic carbocycles. The summed E-state index contributed by atoms with van der Waals surface area (Å²) in [5.74, 6) is 1.30. The zero-order valence-corrected chi connectivity index (χ0v) is 20.1. The number of carbonyl (C=O) groups is 1. The summed E-state index contributed by atoms with van der Waals surface area (Å²) in [6, 6.07) is 14.6. The van der Waals surface area contributed by atoms with Crippen molar-refractivity contribution in [3.63, 3.8) is 0 Å². The standard InChI is InChI=1S/C27H34N4O2/c1-5-24(23-13-10-19(3)15-20(23)4)28-27(32)22-7-6-14-31(16-22)17-25-29-26(30-33-25)21-11-8-18(2)9-12-21/h8-13,15,22,24H,5-7,14,16-17H2,1-4H3,(H,28,32). The molecule has 6 nitrogen and oxygen atoms in total. The van der Waals surface area contributed by atoms with Crippen molar-refractivity contribution in [1.82, 2.24) is 20.4 Å². The van der Waals surface area contributed by atoms with Crippen LogP contribution in [0.1, 0.15) is 60.4 Å². The fourth-order valence-electron chi connectivity index (χ4n) is 4.65. The van der Waals surface area contributed by atoms with Gasteiger partial charge in [-0.3, -0.25) is 9.69 Å². The summed E-state index contributed by atoms with van der Waals surface area (Å²) in [5.41, 5.74) is 5.82. The Morgan fingerprint density at radius 1 is 1.15 bits per heavy atom. The number of rotatable bonds is 7. The van der Waals surface area contributed by atoms with Crippen molar-refractivity contribution in [2.45, 2.75) is 59.5 Å². The van der Waals surface area contributed by atoms with Crippen LogP contribution in [0.5, 0.6) is 0 Å². The maximum atomic E-state index is 13.1. The molecule has 0 spiro atoms. The summed E-state index contributed by atoms with van der Waals surface area (Å²) < 4.78 is 5.51. The third-order valence-corrected chi connectivity index (χ3v) is 6.54. The molecule has 0 aliphatic carbocycles. The highest BCUT2D eigenvalue weighted by Gasteiger charge is 2.28. The van der Waals surface area contributed by atoms with Crippen LogP contribution in [0.3, 0.4) is 0 Å². The molecule has 174 valence electrons. The molecule has 2 atom stereocenters. The summed E-state index contributed by atoms with van der Waals surface area (Å²) in [6.07, 6.45) is 2.76. The van der Waals surface area contributed by atoms with E-state index in [4.69, 9.17) is 4.52 Å². The number of likely N-dealkylation sites (tertiary alicyclic amines) is 1. The molecule has 2 heterocycles. The molecule has 1 fully saturated rings. The average Bonchev–Trinajstić information content (AvgIpc) is 3.27. The number of hydrogen-bond donors (Lipinski definition) is 1. The molecule has 0 bridgehead atoms. The van der Waals surface area contributed by atoms with E-state index in [-0.39, 0.29) is 17.9 Å². The smallest absolute Gasteiger partial charge is 0.241 e. The minimum absolute atomic E-state index is 0.0296. The van der Waals surface area contributed by atoms with E-state index in [0.717, 1.165) is 31.4 Å². The van der Waals surface area contributed by atoms with E-state index < -0.39 is 0 Å². The van der Waals surface area contributed by atoms with Gasteiger partial charge >= 0.3 is 0 Å². The van der Waals surface area contributed by atoms with Crippen molar-refractivity contribution in [3.05, 3.63) is 70.6 Å². The van der Waals surface area contributed by atoms with Gasteiger partial charge in [0.2, 0.25) is 17.6 Å². The minimum atomic E-state index is -0.0296. The van der Waals surface area contributed by atoms with Crippen LogP contribution >= 0.6 is 0 Å². The third kappa shape index (κ3) is 5.69. The van der Waals surface area contributed by atoms with Crippen molar-refractivity contribution in [2.24, 2.45) is 5.92 Å². The predicted molar refractivity (Wildman–Crippen MR) is 130 cm³/mol. The second-order valence-electron chi connectivity index (χ2n) is 9.28. The second kappa shape index (κ2) is 10.3. The van der Waals surface area contributed by atoms with Crippen LogP contribution in [-0.4, -0.2) is 34.0 Å². The Labute approximate surface area is 196 Å². The Hall–Kier alpha value is -2.99. The van der Waals surface area contributed by atoms with Gasteiger partial charge in [0.15, 0.2) is 0 Å². The van der Waals surface area contributed by atoms with Crippen LogP contribution in [0.4, 0.5) is 0 Å². The summed E-state index contributed by atoms with van der Waals surface area (Å²) in [5, 5.41) is 7.45.